The molecule has 4 aromatic rings. The van der Waals surface area contributed by atoms with E-state index in [1.807, 2.05) is 13.0 Å². The number of H-pyrrole nitrogens is 2. The first-order valence-corrected chi connectivity index (χ1v) is 10.9. The van der Waals surface area contributed by atoms with Crippen molar-refractivity contribution < 1.29 is 0 Å². The maximum absolute atomic E-state index is 6.04. The van der Waals surface area contributed by atoms with Crippen LogP contribution in [-0.4, -0.2) is 37.9 Å². The highest BCUT2D eigenvalue weighted by Gasteiger charge is 2.21. The van der Waals surface area contributed by atoms with Crippen molar-refractivity contribution in [3.05, 3.63) is 41.7 Å². The molecule has 3 aromatic heterocycles. The summed E-state index contributed by atoms with van der Waals surface area (Å²) >= 11 is 0. The zero-order chi connectivity index (χ0) is 20.8. The number of nitrogens with two attached hydrogens (primary N) is 1. The third kappa shape index (κ3) is 3.56. The van der Waals surface area contributed by atoms with Crippen molar-refractivity contribution in [3.8, 4) is 11.3 Å². The minimum absolute atomic E-state index is 0.478. The number of aromatic amines is 2. The van der Waals surface area contributed by atoms with Crippen LogP contribution in [0.4, 0.5) is 5.82 Å². The van der Waals surface area contributed by atoms with Crippen molar-refractivity contribution in [1.29, 1.82) is 0 Å². The summed E-state index contributed by atoms with van der Waals surface area (Å²) in [6, 6.07) is 11.5. The van der Waals surface area contributed by atoms with Crippen LogP contribution in [0.1, 0.15) is 44.0 Å². The van der Waals surface area contributed by atoms with Gasteiger partial charge in [-0.05, 0) is 69.3 Å². The average Bonchev–Trinajstić information content (AvgIpc) is 3.29. The molecule has 0 atom stereocenters. The first-order chi connectivity index (χ1) is 14.5. The van der Waals surface area contributed by atoms with Gasteiger partial charge in [0.05, 0.1) is 5.52 Å². The van der Waals surface area contributed by atoms with Crippen LogP contribution in [0.25, 0.3) is 33.3 Å². The van der Waals surface area contributed by atoms with Crippen LogP contribution in [0.3, 0.4) is 0 Å². The van der Waals surface area contributed by atoms with E-state index in [4.69, 9.17) is 5.73 Å². The van der Waals surface area contributed by atoms with Crippen molar-refractivity contribution in [2.24, 2.45) is 5.92 Å². The lowest BCUT2D eigenvalue weighted by atomic mass is 9.86. The number of benzene rings is 1. The van der Waals surface area contributed by atoms with Gasteiger partial charge in [0.2, 0.25) is 0 Å². The van der Waals surface area contributed by atoms with E-state index in [0.717, 1.165) is 40.6 Å². The Kier molecular flexibility index (Phi) is 4.74. The summed E-state index contributed by atoms with van der Waals surface area (Å²) in [6.07, 6.45) is 5.33. The van der Waals surface area contributed by atoms with Crippen LogP contribution in [-0.2, 0) is 6.54 Å². The number of nitrogens with zero attached hydrogens (tertiary/aromatic N) is 3. The van der Waals surface area contributed by atoms with Crippen LogP contribution in [0.15, 0.2) is 30.3 Å². The van der Waals surface area contributed by atoms with Crippen LogP contribution < -0.4 is 5.73 Å². The number of aromatic nitrogens is 4. The topological polar surface area (TPSA) is 86.6 Å². The fourth-order valence-corrected chi connectivity index (χ4v) is 4.85. The molecule has 1 saturated carbocycles. The molecule has 0 saturated heterocycles. The lowest BCUT2D eigenvalue weighted by Gasteiger charge is -2.33. The van der Waals surface area contributed by atoms with Crippen molar-refractivity contribution in [1.82, 2.24) is 24.8 Å². The number of nitrogens with one attached hydrogen (secondary N) is 2. The molecule has 156 valence electrons. The number of anilines is 1. The summed E-state index contributed by atoms with van der Waals surface area (Å²) in [5.74, 6) is 2.20. The molecule has 3 heterocycles. The lowest BCUT2D eigenvalue weighted by molar-refractivity contribution is 0.164. The van der Waals surface area contributed by atoms with E-state index in [0.29, 0.717) is 17.5 Å². The van der Waals surface area contributed by atoms with Gasteiger partial charge in [0.25, 0.3) is 0 Å². The predicted octanol–water partition coefficient (Wildman–Crippen LogP) is 5.01. The number of pyridine rings is 1. The van der Waals surface area contributed by atoms with E-state index in [2.05, 4.69) is 63.1 Å². The van der Waals surface area contributed by atoms with Gasteiger partial charge < -0.3 is 15.7 Å². The molecular weight excluding hydrogens is 372 g/mol. The van der Waals surface area contributed by atoms with E-state index in [-0.39, 0.29) is 0 Å². The second-order valence-corrected chi connectivity index (χ2v) is 9.05. The minimum Gasteiger partial charge on any atom is -0.384 e. The Morgan fingerprint density at radius 1 is 1.07 bits per heavy atom. The Labute approximate surface area is 176 Å². The zero-order valence-electron chi connectivity index (χ0n) is 18.0. The minimum atomic E-state index is 0.478. The van der Waals surface area contributed by atoms with Gasteiger partial charge in [-0.15, -0.1) is 0 Å². The molecule has 0 amide bonds. The zero-order valence-corrected chi connectivity index (χ0v) is 18.0. The Morgan fingerprint density at radius 2 is 1.87 bits per heavy atom. The highest BCUT2D eigenvalue weighted by molar-refractivity contribution is 5.95. The van der Waals surface area contributed by atoms with Gasteiger partial charge in [0, 0.05) is 34.7 Å². The molecule has 0 unspecified atom stereocenters. The SMILES string of the molecule is Cc1nc2nc(N)cc(-c3cc4ccc(CN(C)C5CCC(C)CC5)cc4[nH]3)c2[nH]1. The Hall–Kier alpha value is -2.86. The Bertz CT molecular complexity index is 1200. The first-order valence-electron chi connectivity index (χ1n) is 10.9. The molecule has 30 heavy (non-hydrogen) atoms. The number of fused-ring (bicyclic) bond motifs is 2. The highest BCUT2D eigenvalue weighted by atomic mass is 15.1. The normalized spacial score (nSPS) is 19.9. The quantitative estimate of drug-likeness (QED) is 0.448. The molecule has 5 rings (SSSR count). The third-order valence-corrected chi connectivity index (χ3v) is 6.62. The summed E-state index contributed by atoms with van der Waals surface area (Å²) < 4.78 is 0. The van der Waals surface area contributed by atoms with Gasteiger partial charge in [-0.3, -0.25) is 4.90 Å². The van der Waals surface area contributed by atoms with Crippen molar-refractivity contribution in [2.75, 3.05) is 12.8 Å². The molecule has 6 heteroatoms. The maximum Gasteiger partial charge on any atom is 0.180 e. The van der Waals surface area contributed by atoms with Crippen LogP contribution in [0, 0.1) is 12.8 Å². The number of nitrogen functional groups attached to an aromatic ring is 1. The third-order valence-electron chi connectivity index (χ3n) is 6.62. The Balaban J connectivity index is 1.43. The molecule has 1 fully saturated rings. The van der Waals surface area contributed by atoms with Gasteiger partial charge in [0.1, 0.15) is 11.6 Å². The number of hydrogen-bond donors (Lipinski definition) is 3. The molecule has 6 nitrogen and oxygen atoms in total. The average molecular weight is 403 g/mol. The van der Waals surface area contributed by atoms with Crippen molar-refractivity contribution >= 4 is 27.9 Å². The van der Waals surface area contributed by atoms with Crippen molar-refractivity contribution in [2.45, 2.75) is 52.1 Å². The van der Waals surface area contributed by atoms with Crippen LogP contribution in [0.2, 0.25) is 0 Å². The molecule has 0 spiro atoms. The highest BCUT2D eigenvalue weighted by Crippen LogP contribution is 2.31. The number of aryl methyl sites for hydroxylation is 1. The number of rotatable bonds is 4. The lowest BCUT2D eigenvalue weighted by Crippen LogP contribution is -2.34. The van der Waals surface area contributed by atoms with Crippen molar-refractivity contribution in [3.63, 3.8) is 0 Å². The molecule has 1 aliphatic carbocycles. The van der Waals surface area contributed by atoms with Gasteiger partial charge in [-0.25, -0.2) is 9.97 Å². The van der Waals surface area contributed by atoms with Gasteiger partial charge >= 0.3 is 0 Å². The van der Waals surface area contributed by atoms with E-state index < -0.39 is 0 Å². The number of imidazole rings is 1. The van der Waals surface area contributed by atoms with Crippen LogP contribution >= 0.6 is 0 Å². The maximum atomic E-state index is 6.04. The molecule has 0 radical (unpaired) electrons. The van der Waals surface area contributed by atoms with Gasteiger partial charge in [0.15, 0.2) is 5.65 Å². The summed E-state index contributed by atoms with van der Waals surface area (Å²) in [4.78, 5) is 18.2. The van der Waals surface area contributed by atoms with Gasteiger partial charge in [-0.1, -0.05) is 19.1 Å². The van der Waals surface area contributed by atoms with E-state index in [9.17, 15) is 0 Å². The smallest absolute Gasteiger partial charge is 0.180 e. The molecule has 1 aromatic carbocycles. The monoisotopic (exact) mass is 402 g/mol. The molecular formula is C24H30N6. The Morgan fingerprint density at radius 3 is 2.67 bits per heavy atom. The number of hydrogen-bond acceptors (Lipinski definition) is 4. The second kappa shape index (κ2) is 7.43. The summed E-state index contributed by atoms with van der Waals surface area (Å²) in [6.45, 7) is 5.29. The van der Waals surface area contributed by atoms with E-state index >= 15 is 0 Å². The summed E-state index contributed by atoms with van der Waals surface area (Å²) in [5, 5.41) is 1.20. The fraction of sp³-hybridized carbons (Fsp3) is 0.417. The summed E-state index contributed by atoms with van der Waals surface area (Å²) in [5.41, 5.74) is 12.1. The molecule has 0 bridgehead atoms. The van der Waals surface area contributed by atoms with Crippen LogP contribution in [0.5, 0.6) is 0 Å². The van der Waals surface area contributed by atoms with E-state index in [1.54, 1.807) is 0 Å². The largest absolute Gasteiger partial charge is 0.384 e. The molecule has 1 aliphatic rings. The fourth-order valence-electron chi connectivity index (χ4n) is 4.85. The molecule has 4 N–H and O–H groups in total. The molecule has 0 aliphatic heterocycles. The van der Waals surface area contributed by atoms with Gasteiger partial charge in [-0.2, -0.15) is 0 Å². The second-order valence-electron chi connectivity index (χ2n) is 9.05. The standard InChI is InChI=1S/C24H30N6/c1-14-4-8-18(9-5-14)30(3)13-16-6-7-17-11-21(28-20(17)10-16)19-12-22(25)29-24-23(19)26-15(2)27-24/h6-7,10-12,14,18,28H,4-5,8-9,13H2,1-3H3,(H3,25,26,27,29). The summed E-state index contributed by atoms with van der Waals surface area (Å²) in [7, 11) is 2.27. The predicted molar refractivity (Wildman–Crippen MR) is 123 cm³/mol. The first kappa shape index (κ1) is 19.1. The van der Waals surface area contributed by atoms with E-state index in [1.165, 1.54) is 36.6 Å².